The van der Waals surface area contributed by atoms with Gasteiger partial charge in [-0.15, -0.1) is 0 Å². The fourth-order valence-corrected chi connectivity index (χ4v) is 3.41. The third-order valence-electron chi connectivity index (χ3n) is 4.45. The monoisotopic (exact) mass is 268 g/mol. The molecule has 2 aliphatic rings. The highest BCUT2D eigenvalue weighted by atomic mass is 16.5. The second kappa shape index (κ2) is 5.49. The Morgan fingerprint density at radius 2 is 2.05 bits per heavy atom. The molecule has 0 bridgehead atoms. The Hall–Kier alpha value is -1.10. The van der Waals surface area contributed by atoms with E-state index in [1.54, 1.807) is 14.0 Å². The summed E-state index contributed by atoms with van der Waals surface area (Å²) < 4.78 is 5.10. The lowest BCUT2D eigenvalue weighted by atomic mass is 9.87. The van der Waals surface area contributed by atoms with Crippen molar-refractivity contribution in [1.82, 2.24) is 10.2 Å². The smallest absolute Gasteiger partial charge is 0.246 e. The predicted octanol–water partition coefficient (Wildman–Crippen LogP) is 1.07. The number of ether oxygens (including phenoxy) is 1. The van der Waals surface area contributed by atoms with Crippen LogP contribution in [0.4, 0.5) is 0 Å². The van der Waals surface area contributed by atoms with Crippen LogP contribution < -0.4 is 5.32 Å². The summed E-state index contributed by atoms with van der Waals surface area (Å²) in [6, 6.07) is -0.372. The minimum atomic E-state index is -0.600. The molecule has 5 nitrogen and oxygen atoms in total. The molecule has 1 saturated carbocycles. The minimum absolute atomic E-state index is 0.0290. The van der Waals surface area contributed by atoms with E-state index in [1.807, 2.05) is 11.8 Å². The van der Waals surface area contributed by atoms with Crippen molar-refractivity contribution in [1.29, 1.82) is 0 Å². The predicted molar refractivity (Wildman–Crippen MR) is 71.6 cm³/mol. The number of methoxy groups -OCH3 is 1. The van der Waals surface area contributed by atoms with E-state index in [1.165, 1.54) is 0 Å². The quantitative estimate of drug-likeness (QED) is 0.829. The zero-order valence-electron chi connectivity index (χ0n) is 12.1. The van der Waals surface area contributed by atoms with Gasteiger partial charge in [0.25, 0.3) is 0 Å². The van der Waals surface area contributed by atoms with Crippen LogP contribution in [-0.4, -0.2) is 48.1 Å². The van der Waals surface area contributed by atoms with Gasteiger partial charge in [0.15, 0.2) is 0 Å². The molecular formula is C14H24N2O3. The number of carbonyl (C=O) groups excluding carboxylic acids is 2. The summed E-state index contributed by atoms with van der Waals surface area (Å²) >= 11 is 0. The van der Waals surface area contributed by atoms with Crippen LogP contribution in [0, 0.1) is 0 Å². The normalized spacial score (nSPS) is 27.7. The van der Waals surface area contributed by atoms with Crippen molar-refractivity contribution in [3.05, 3.63) is 0 Å². The van der Waals surface area contributed by atoms with Crippen LogP contribution in [-0.2, 0) is 14.3 Å². The standard InChI is InChI=1S/C14H24N2O3/c1-10(6-9-19-3)16-12(17)11(2)15-13(18)14(16)7-4-5-8-14/h10-11H,4-9H2,1-3H3,(H,15,18). The molecule has 2 unspecified atom stereocenters. The van der Waals surface area contributed by atoms with E-state index in [2.05, 4.69) is 5.32 Å². The number of nitrogens with zero attached hydrogens (tertiary/aromatic N) is 1. The van der Waals surface area contributed by atoms with Crippen LogP contribution in [0.15, 0.2) is 0 Å². The highest BCUT2D eigenvalue weighted by Crippen LogP contribution is 2.39. The number of carbonyl (C=O) groups is 2. The Kier molecular flexibility index (Phi) is 4.13. The number of nitrogens with one attached hydrogen (secondary N) is 1. The van der Waals surface area contributed by atoms with E-state index >= 15 is 0 Å². The fraction of sp³-hybridized carbons (Fsp3) is 0.857. The van der Waals surface area contributed by atoms with Gasteiger partial charge in [-0.05, 0) is 33.1 Å². The van der Waals surface area contributed by atoms with Crippen LogP contribution in [0.25, 0.3) is 0 Å². The summed E-state index contributed by atoms with van der Waals surface area (Å²) in [7, 11) is 1.66. The Morgan fingerprint density at radius 1 is 1.42 bits per heavy atom. The highest BCUT2D eigenvalue weighted by Gasteiger charge is 2.54. The van der Waals surface area contributed by atoms with Gasteiger partial charge in [0, 0.05) is 19.8 Å². The molecule has 1 aliphatic carbocycles. The van der Waals surface area contributed by atoms with E-state index in [4.69, 9.17) is 4.74 Å². The zero-order chi connectivity index (χ0) is 14.0. The maximum atomic E-state index is 12.5. The lowest BCUT2D eigenvalue weighted by Gasteiger charge is -2.48. The molecule has 0 aromatic rings. The molecule has 0 radical (unpaired) electrons. The molecule has 2 fully saturated rings. The van der Waals surface area contributed by atoms with Crippen molar-refractivity contribution >= 4 is 11.8 Å². The first kappa shape index (κ1) is 14.3. The number of hydrogen-bond acceptors (Lipinski definition) is 3. The SMILES string of the molecule is COCCC(C)N1C(=O)C(C)NC(=O)C12CCCC2. The van der Waals surface area contributed by atoms with E-state index in [0.29, 0.717) is 6.61 Å². The minimum Gasteiger partial charge on any atom is -0.385 e. The van der Waals surface area contributed by atoms with Gasteiger partial charge in [-0.2, -0.15) is 0 Å². The summed E-state index contributed by atoms with van der Waals surface area (Å²) in [5.41, 5.74) is -0.600. The molecule has 2 rings (SSSR count). The Morgan fingerprint density at radius 3 is 2.63 bits per heavy atom. The van der Waals surface area contributed by atoms with Crippen molar-refractivity contribution in [3.8, 4) is 0 Å². The number of rotatable bonds is 4. The fourth-order valence-electron chi connectivity index (χ4n) is 3.41. The second-order valence-corrected chi connectivity index (χ2v) is 5.77. The molecule has 1 saturated heterocycles. The van der Waals surface area contributed by atoms with Gasteiger partial charge in [-0.25, -0.2) is 0 Å². The second-order valence-electron chi connectivity index (χ2n) is 5.77. The lowest BCUT2D eigenvalue weighted by molar-refractivity contribution is -0.160. The van der Waals surface area contributed by atoms with Crippen LogP contribution in [0.3, 0.4) is 0 Å². The first-order valence-corrected chi connectivity index (χ1v) is 7.16. The summed E-state index contributed by atoms with van der Waals surface area (Å²) in [5.74, 6) is 0.0754. The van der Waals surface area contributed by atoms with Crippen LogP contribution in [0.1, 0.15) is 46.0 Å². The maximum Gasteiger partial charge on any atom is 0.246 e. The van der Waals surface area contributed by atoms with Gasteiger partial charge in [0.1, 0.15) is 11.6 Å². The van der Waals surface area contributed by atoms with Gasteiger partial charge in [-0.3, -0.25) is 9.59 Å². The number of hydrogen-bond donors (Lipinski definition) is 1. The topological polar surface area (TPSA) is 58.6 Å². The Balaban J connectivity index is 2.26. The van der Waals surface area contributed by atoms with Crippen LogP contribution in [0.5, 0.6) is 0 Å². The molecule has 1 N–H and O–H groups in total. The molecule has 19 heavy (non-hydrogen) atoms. The molecular weight excluding hydrogens is 244 g/mol. The first-order chi connectivity index (χ1) is 9.03. The van der Waals surface area contributed by atoms with Crippen molar-refractivity contribution in [2.24, 2.45) is 0 Å². The van der Waals surface area contributed by atoms with Gasteiger partial charge >= 0.3 is 0 Å². The molecule has 1 aliphatic heterocycles. The Bertz CT molecular complexity index is 364. The molecule has 2 atom stereocenters. The molecule has 0 aromatic carbocycles. The summed E-state index contributed by atoms with van der Waals surface area (Å²) in [5, 5.41) is 2.84. The third kappa shape index (κ3) is 2.36. The number of amides is 2. The molecule has 0 aromatic heterocycles. The van der Waals surface area contributed by atoms with Crippen molar-refractivity contribution in [2.45, 2.75) is 63.6 Å². The molecule has 1 spiro atoms. The highest BCUT2D eigenvalue weighted by molar-refractivity contribution is 6.00. The Labute approximate surface area is 114 Å². The van der Waals surface area contributed by atoms with Crippen LogP contribution in [0.2, 0.25) is 0 Å². The van der Waals surface area contributed by atoms with E-state index in [-0.39, 0.29) is 17.9 Å². The van der Waals surface area contributed by atoms with E-state index < -0.39 is 11.6 Å². The van der Waals surface area contributed by atoms with E-state index in [9.17, 15) is 9.59 Å². The van der Waals surface area contributed by atoms with E-state index in [0.717, 1.165) is 32.1 Å². The largest absolute Gasteiger partial charge is 0.385 e. The van der Waals surface area contributed by atoms with Crippen molar-refractivity contribution in [3.63, 3.8) is 0 Å². The third-order valence-corrected chi connectivity index (χ3v) is 4.45. The number of piperazine rings is 1. The van der Waals surface area contributed by atoms with Gasteiger partial charge < -0.3 is 15.0 Å². The van der Waals surface area contributed by atoms with Crippen molar-refractivity contribution in [2.75, 3.05) is 13.7 Å². The van der Waals surface area contributed by atoms with Gasteiger partial charge in [-0.1, -0.05) is 12.8 Å². The molecule has 108 valence electrons. The molecule has 1 heterocycles. The average molecular weight is 268 g/mol. The summed E-state index contributed by atoms with van der Waals surface area (Å²) in [6.07, 6.45) is 4.37. The lowest BCUT2D eigenvalue weighted by Crippen LogP contribution is -2.71. The van der Waals surface area contributed by atoms with Gasteiger partial charge in [0.05, 0.1) is 0 Å². The first-order valence-electron chi connectivity index (χ1n) is 7.16. The molecule has 2 amide bonds. The van der Waals surface area contributed by atoms with Crippen LogP contribution >= 0.6 is 0 Å². The average Bonchev–Trinajstić information content (AvgIpc) is 2.85. The zero-order valence-corrected chi connectivity index (χ0v) is 12.1. The maximum absolute atomic E-state index is 12.5. The summed E-state index contributed by atoms with van der Waals surface area (Å²) in [4.78, 5) is 26.8. The molecule has 5 heteroatoms. The van der Waals surface area contributed by atoms with Gasteiger partial charge in [0.2, 0.25) is 11.8 Å². The summed E-state index contributed by atoms with van der Waals surface area (Å²) in [6.45, 7) is 4.39. The van der Waals surface area contributed by atoms with Crippen molar-refractivity contribution < 1.29 is 14.3 Å².